The molecule has 2 rings (SSSR count). The predicted octanol–water partition coefficient (Wildman–Crippen LogP) is 0.886. The Bertz CT molecular complexity index is 632. The number of hydrogen-bond acceptors (Lipinski definition) is 6. The van der Waals surface area contributed by atoms with Crippen molar-refractivity contribution in [2.24, 2.45) is 5.73 Å². The summed E-state index contributed by atoms with van der Waals surface area (Å²) in [5.41, 5.74) is 5.92. The van der Waals surface area contributed by atoms with Crippen molar-refractivity contribution in [3.05, 3.63) is 46.1 Å². The summed E-state index contributed by atoms with van der Waals surface area (Å²) >= 11 is 0. The normalized spacial score (nSPS) is 14.2. The van der Waals surface area contributed by atoms with Crippen LogP contribution >= 0.6 is 0 Å². The summed E-state index contributed by atoms with van der Waals surface area (Å²) in [6, 6.07) is 5.86. The Kier molecular flexibility index (Phi) is 4.23. The zero-order chi connectivity index (χ0) is 14.7. The largest absolute Gasteiger partial charge is 0.390 e. The quantitative estimate of drug-likeness (QED) is 0.551. The number of nitro groups is 1. The number of aliphatic hydroxyl groups excluding tert-OH is 2. The molecular weight excluding hydrogens is 262 g/mol. The lowest BCUT2D eigenvalue weighted by molar-refractivity contribution is -0.383. The molecule has 0 saturated heterocycles. The number of fused-ring (bicyclic) bond motifs is 1. The minimum atomic E-state index is -1.18. The van der Waals surface area contributed by atoms with Crippen molar-refractivity contribution < 1.29 is 15.1 Å². The molecule has 2 atom stereocenters. The highest BCUT2D eigenvalue weighted by molar-refractivity contribution is 5.90. The number of rotatable bonds is 5. The number of benzene rings is 1. The van der Waals surface area contributed by atoms with Gasteiger partial charge in [-0.25, -0.2) is 0 Å². The lowest BCUT2D eigenvalue weighted by Crippen LogP contribution is -2.22. The van der Waals surface area contributed by atoms with Gasteiger partial charge in [-0.1, -0.05) is 0 Å². The molecule has 0 aliphatic carbocycles. The van der Waals surface area contributed by atoms with Crippen LogP contribution in [0.2, 0.25) is 0 Å². The molecule has 0 aliphatic heterocycles. The van der Waals surface area contributed by atoms with Gasteiger partial charge in [-0.3, -0.25) is 15.1 Å². The van der Waals surface area contributed by atoms with Gasteiger partial charge in [0.25, 0.3) is 5.69 Å². The molecule has 20 heavy (non-hydrogen) atoms. The fourth-order valence-corrected chi connectivity index (χ4v) is 2.11. The molecule has 0 aliphatic rings. The standard InChI is InChI=1S/C13H15N3O4/c14-6-5-11(17)13(18)9-3-4-10(16(19)20)8-2-1-7-15-12(8)9/h1-4,7,11,13,17-18H,5-6,14H2. The van der Waals surface area contributed by atoms with Crippen LogP contribution in [0, 0.1) is 10.1 Å². The number of non-ortho nitro benzene ring substituents is 1. The summed E-state index contributed by atoms with van der Waals surface area (Å²) in [6.45, 7) is 0.233. The van der Waals surface area contributed by atoms with Crippen LogP contribution in [0.3, 0.4) is 0 Å². The Morgan fingerprint density at radius 1 is 1.35 bits per heavy atom. The van der Waals surface area contributed by atoms with Gasteiger partial charge in [-0.2, -0.15) is 0 Å². The molecule has 0 amide bonds. The number of nitrogens with zero attached hydrogens (tertiary/aromatic N) is 2. The maximum absolute atomic E-state index is 11.0. The van der Waals surface area contributed by atoms with Crippen LogP contribution in [-0.4, -0.2) is 32.8 Å². The summed E-state index contributed by atoms with van der Waals surface area (Å²) in [7, 11) is 0. The van der Waals surface area contributed by atoms with Gasteiger partial charge in [0.2, 0.25) is 0 Å². The lowest BCUT2D eigenvalue weighted by Gasteiger charge is -2.18. The molecule has 0 radical (unpaired) electrons. The second-order valence-electron chi connectivity index (χ2n) is 4.42. The molecule has 4 N–H and O–H groups in total. The zero-order valence-corrected chi connectivity index (χ0v) is 10.6. The molecule has 0 fully saturated rings. The third-order valence-corrected chi connectivity index (χ3v) is 3.12. The van der Waals surface area contributed by atoms with E-state index in [2.05, 4.69) is 4.98 Å². The first kappa shape index (κ1) is 14.3. The molecule has 1 aromatic carbocycles. The molecule has 0 spiro atoms. The maximum atomic E-state index is 11.0. The average Bonchev–Trinajstić information content (AvgIpc) is 2.45. The number of pyridine rings is 1. The molecule has 2 unspecified atom stereocenters. The fourth-order valence-electron chi connectivity index (χ4n) is 2.11. The third kappa shape index (κ3) is 2.60. The monoisotopic (exact) mass is 277 g/mol. The van der Waals surface area contributed by atoms with Crippen LogP contribution in [0.25, 0.3) is 10.9 Å². The van der Waals surface area contributed by atoms with E-state index in [4.69, 9.17) is 5.73 Å². The summed E-state index contributed by atoms with van der Waals surface area (Å²) in [6.07, 6.45) is -0.507. The van der Waals surface area contributed by atoms with Gasteiger partial charge in [-0.15, -0.1) is 0 Å². The van der Waals surface area contributed by atoms with Gasteiger partial charge in [0, 0.05) is 17.8 Å². The van der Waals surface area contributed by atoms with Crippen molar-refractivity contribution in [1.82, 2.24) is 4.98 Å². The van der Waals surface area contributed by atoms with E-state index < -0.39 is 17.1 Å². The van der Waals surface area contributed by atoms with E-state index in [9.17, 15) is 20.3 Å². The first-order chi connectivity index (χ1) is 9.56. The minimum absolute atomic E-state index is 0.0858. The van der Waals surface area contributed by atoms with Crippen LogP contribution in [0.5, 0.6) is 0 Å². The van der Waals surface area contributed by atoms with Gasteiger partial charge in [0.1, 0.15) is 6.10 Å². The lowest BCUT2D eigenvalue weighted by atomic mass is 9.98. The first-order valence-electron chi connectivity index (χ1n) is 6.14. The highest BCUT2D eigenvalue weighted by Crippen LogP contribution is 2.31. The molecule has 1 aromatic heterocycles. The van der Waals surface area contributed by atoms with E-state index in [-0.39, 0.29) is 18.7 Å². The van der Waals surface area contributed by atoms with Crippen LogP contribution in [-0.2, 0) is 0 Å². The average molecular weight is 277 g/mol. The molecule has 7 nitrogen and oxygen atoms in total. The zero-order valence-electron chi connectivity index (χ0n) is 10.6. The Morgan fingerprint density at radius 3 is 2.75 bits per heavy atom. The fraction of sp³-hybridized carbons (Fsp3) is 0.308. The number of hydrogen-bond donors (Lipinski definition) is 3. The smallest absolute Gasteiger partial charge is 0.278 e. The SMILES string of the molecule is NCCC(O)C(O)c1ccc([N+](=O)[O-])c2cccnc12. The van der Waals surface area contributed by atoms with Crippen molar-refractivity contribution >= 4 is 16.6 Å². The minimum Gasteiger partial charge on any atom is -0.390 e. The third-order valence-electron chi connectivity index (χ3n) is 3.12. The topological polar surface area (TPSA) is 123 Å². The van der Waals surface area contributed by atoms with Crippen molar-refractivity contribution in [2.45, 2.75) is 18.6 Å². The number of aliphatic hydroxyl groups is 2. The van der Waals surface area contributed by atoms with Gasteiger partial charge < -0.3 is 15.9 Å². The highest BCUT2D eigenvalue weighted by atomic mass is 16.6. The molecule has 106 valence electrons. The van der Waals surface area contributed by atoms with Crippen LogP contribution in [0.4, 0.5) is 5.69 Å². The molecule has 7 heteroatoms. The maximum Gasteiger partial charge on any atom is 0.278 e. The van der Waals surface area contributed by atoms with Gasteiger partial charge in [0.05, 0.1) is 21.9 Å². The molecule has 0 saturated carbocycles. The summed E-state index contributed by atoms with van der Waals surface area (Å²) in [4.78, 5) is 14.6. The van der Waals surface area contributed by atoms with E-state index in [0.717, 1.165) is 0 Å². The van der Waals surface area contributed by atoms with Crippen molar-refractivity contribution in [2.75, 3.05) is 6.54 Å². The van der Waals surface area contributed by atoms with Gasteiger partial charge >= 0.3 is 0 Å². The van der Waals surface area contributed by atoms with Gasteiger partial charge in [-0.05, 0) is 31.2 Å². The van der Waals surface area contributed by atoms with Crippen molar-refractivity contribution in [1.29, 1.82) is 0 Å². The second-order valence-corrected chi connectivity index (χ2v) is 4.42. The summed E-state index contributed by atoms with van der Waals surface area (Å²) in [5.74, 6) is 0. The number of nitrogens with two attached hydrogens (primary N) is 1. The Morgan fingerprint density at radius 2 is 2.10 bits per heavy atom. The molecule has 0 bridgehead atoms. The van der Waals surface area contributed by atoms with Crippen LogP contribution < -0.4 is 5.73 Å². The molecule has 2 aromatic rings. The van der Waals surface area contributed by atoms with Crippen LogP contribution in [0.15, 0.2) is 30.5 Å². The van der Waals surface area contributed by atoms with E-state index >= 15 is 0 Å². The number of nitro benzene ring substituents is 1. The van der Waals surface area contributed by atoms with Gasteiger partial charge in [0.15, 0.2) is 0 Å². The van der Waals surface area contributed by atoms with Crippen LogP contribution in [0.1, 0.15) is 18.1 Å². The molecule has 1 heterocycles. The van der Waals surface area contributed by atoms with E-state index in [0.29, 0.717) is 16.5 Å². The van der Waals surface area contributed by atoms with E-state index in [1.54, 1.807) is 12.1 Å². The Hall–Kier alpha value is -2.09. The first-order valence-corrected chi connectivity index (χ1v) is 6.14. The predicted molar refractivity (Wildman–Crippen MR) is 73.0 cm³/mol. The number of aromatic nitrogens is 1. The Labute approximate surface area is 114 Å². The Balaban J connectivity index is 2.56. The molecular formula is C13H15N3O4. The summed E-state index contributed by atoms with van der Waals surface area (Å²) in [5, 5.41) is 31.3. The highest BCUT2D eigenvalue weighted by Gasteiger charge is 2.23. The van der Waals surface area contributed by atoms with E-state index in [1.807, 2.05) is 0 Å². The van der Waals surface area contributed by atoms with E-state index in [1.165, 1.54) is 18.3 Å². The van der Waals surface area contributed by atoms with Crippen molar-refractivity contribution in [3.63, 3.8) is 0 Å². The van der Waals surface area contributed by atoms with Crippen molar-refractivity contribution in [3.8, 4) is 0 Å². The second kappa shape index (κ2) is 5.91. The summed E-state index contributed by atoms with van der Waals surface area (Å²) < 4.78 is 0.